The average molecular weight is 452 g/mol. The summed E-state index contributed by atoms with van der Waals surface area (Å²) in [6.07, 6.45) is 10.2. The van der Waals surface area contributed by atoms with Crippen LogP contribution in [0.5, 0.6) is 0 Å². The third kappa shape index (κ3) is 7.59. The van der Waals surface area contributed by atoms with Crippen molar-refractivity contribution in [2.45, 2.75) is 71.3 Å². The van der Waals surface area contributed by atoms with Crippen LogP contribution in [-0.4, -0.2) is 44.4 Å². The van der Waals surface area contributed by atoms with Gasteiger partial charge in [-0.15, -0.1) is 0 Å². The zero-order chi connectivity index (χ0) is 23.3. The fraction of sp³-hybridized carbons (Fsp3) is 0.727. The standard InChI is InChI=1S/C22H37N5O5/c1-4-31-32-16-14-23-18(28)13-11-9-7-5-6-8-10-12-15-27-21(29)19-20(24-17-25(19)2)26(3)22(27)30/h17H,4-16H2,1-3H3,(H,23,28). The van der Waals surface area contributed by atoms with E-state index in [1.54, 1.807) is 25.0 Å². The van der Waals surface area contributed by atoms with E-state index in [2.05, 4.69) is 10.3 Å². The van der Waals surface area contributed by atoms with Gasteiger partial charge in [-0.2, -0.15) is 0 Å². The van der Waals surface area contributed by atoms with E-state index in [0.717, 1.165) is 51.4 Å². The minimum Gasteiger partial charge on any atom is -0.354 e. The van der Waals surface area contributed by atoms with Gasteiger partial charge in [0.25, 0.3) is 5.56 Å². The van der Waals surface area contributed by atoms with Crippen molar-refractivity contribution in [2.75, 3.05) is 19.8 Å². The predicted molar refractivity (Wildman–Crippen MR) is 122 cm³/mol. The molecule has 0 aliphatic rings. The normalized spacial score (nSPS) is 11.3. The van der Waals surface area contributed by atoms with Crippen LogP contribution in [0, 0.1) is 0 Å². The summed E-state index contributed by atoms with van der Waals surface area (Å²) in [6, 6.07) is 0. The number of carbonyl (C=O) groups is 1. The lowest BCUT2D eigenvalue weighted by Gasteiger charge is -2.08. The Morgan fingerprint density at radius 1 is 1.00 bits per heavy atom. The maximum Gasteiger partial charge on any atom is 0.332 e. The second kappa shape index (κ2) is 13.8. The average Bonchev–Trinajstić information content (AvgIpc) is 3.17. The van der Waals surface area contributed by atoms with Gasteiger partial charge in [0.1, 0.15) is 0 Å². The first-order chi connectivity index (χ1) is 15.5. The maximum atomic E-state index is 12.6. The first-order valence-corrected chi connectivity index (χ1v) is 11.6. The summed E-state index contributed by atoms with van der Waals surface area (Å²) in [5, 5.41) is 2.81. The number of nitrogens with one attached hydrogen (secondary N) is 1. The third-order valence-corrected chi connectivity index (χ3v) is 5.45. The van der Waals surface area contributed by atoms with Crippen molar-refractivity contribution in [3.8, 4) is 0 Å². The molecule has 10 heteroatoms. The molecule has 0 unspecified atom stereocenters. The number of carbonyl (C=O) groups excluding carboxylic acids is 1. The SMILES string of the molecule is CCOOCCNC(=O)CCCCCCCCCCn1c(=O)c2c(ncn2C)n(C)c1=O. The molecular formula is C22H37N5O5. The van der Waals surface area contributed by atoms with Crippen molar-refractivity contribution in [3.63, 3.8) is 0 Å². The van der Waals surface area contributed by atoms with E-state index in [-0.39, 0.29) is 17.2 Å². The molecule has 1 amide bonds. The van der Waals surface area contributed by atoms with Crippen molar-refractivity contribution in [3.05, 3.63) is 27.2 Å². The lowest BCUT2D eigenvalue weighted by molar-refractivity contribution is -0.289. The van der Waals surface area contributed by atoms with Crippen LogP contribution in [0.4, 0.5) is 0 Å². The molecular weight excluding hydrogens is 414 g/mol. The van der Waals surface area contributed by atoms with Crippen LogP contribution in [0.2, 0.25) is 0 Å². The highest BCUT2D eigenvalue weighted by molar-refractivity contribution is 5.75. The van der Waals surface area contributed by atoms with Crippen molar-refractivity contribution in [1.29, 1.82) is 0 Å². The summed E-state index contributed by atoms with van der Waals surface area (Å²) in [5.74, 6) is 0.0517. The van der Waals surface area contributed by atoms with Crippen LogP contribution in [0.1, 0.15) is 64.7 Å². The van der Waals surface area contributed by atoms with Crippen molar-refractivity contribution in [1.82, 2.24) is 24.0 Å². The van der Waals surface area contributed by atoms with Crippen LogP contribution in [0.15, 0.2) is 15.9 Å². The fourth-order valence-corrected chi connectivity index (χ4v) is 3.67. The number of amides is 1. The first-order valence-electron chi connectivity index (χ1n) is 11.6. The Morgan fingerprint density at radius 2 is 1.66 bits per heavy atom. The maximum absolute atomic E-state index is 12.6. The number of hydrogen-bond donors (Lipinski definition) is 1. The van der Waals surface area contributed by atoms with Crippen molar-refractivity contribution >= 4 is 17.1 Å². The highest BCUT2D eigenvalue weighted by atomic mass is 17.2. The van der Waals surface area contributed by atoms with E-state index in [0.29, 0.717) is 43.9 Å². The molecule has 1 N–H and O–H groups in total. The topological polar surface area (TPSA) is 109 Å². The lowest BCUT2D eigenvalue weighted by atomic mass is 10.1. The summed E-state index contributed by atoms with van der Waals surface area (Å²) in [6.45, 7) is 3.59. The Labute approximate surface area is 188 Å². The van der Waals surface area contributed by atoms with E-state index in [1.807, 2.05) is 6.92 Å². The monoisotopic (exact) mass is 451 g/mol. The molecule has 2 heterocycles. The van der Waals surface area contributed by atoms with Crippen LogP contribution in [-0.2, 0) is 35.2 Å². The zero-order valence-corrected chi connectivity index (χ0v) is 19.6. The van der Waals surface area contributed by atoms with Crippen LogP contribution >= 0.6 is 0 Å². The summed E-state index contributed by atoms with van der Waals surface area (Å²) >= 11 is 0. The minimum atomic E-state index is -0.313. The minimum absolute atomic E-state index is 0.0517. The number of rotatable bonds is 16. The molecule has 0 fully saturated rings. The van der Waals surface area contributed by atoms with Gasteiger partial charge in [-0.3, -0.25) is 18.7 Å². The number of aromatic nitrogens is 4. The number of hydrogen-bond acceptors (Lipinski definition) is 6. The molecule has 2 rings (SSSR count). The van der Waals surface area contributed by atoms with Crippen LogP contribution in [0.25, 0.3) is 11.2 Å². The van der Waals surface area contributed by atoms with Crippen molar-refractivity contribution in [2.24, 2.45) is 14.1 Å². The highest BCUT2D eigenvalue weighted by Crippen LogP contribution is 2.10. The van der Waals surface area contributed by atoms with Gasteiger partial charge in [0.05, 0.1) is 19.5 Å². The summed E-state index contributed by atoms with van der Waals surface area (Å²) < 4.78 is 4.41. The molecule has 0 atom stereocenters. The van der Waals surface area contributed by atoms with Gasteiger partial charge in [-0.25, -0.2) is 19.6 Å². The molecule has 0 aliphatic heterocycles. The second-order valence-electron chi connectivity index (χ2n) is 7.98. The van der Waals surface area contributed by atoms with E-state index < -0.39 is 0 Å². The Morgan fingerprint density at radius 3 is 2.34 bits per heavy atom. The Balaban J connectivity index is 1.55. The molecule has 0 bridgehead atoms. The zero-order valence-electron chi connectivity index (χ0n) is 19.6. The molecule has 0 aliphatic carbocycles. The van der Waals surface area contributed by atoms with E-state index in [4.69, 9.17) is 9.78 Å². The number of imidazole rings is 1. The molecule has 0 saturated heterocycles. The largest absolute Gasteiger partial charge is 0.354 e. The molecule has 0 spiro atoms. The predicted octanol–water partition coefficient (Wildman–Crippen LogP) is 2.03. The van der Waals surface area contributed by atoms with Crippen LogP contribution < -0.4 is 16.6 Å². The first kappa shape index (κ1) is 25.8. The lowest BCUT2D eigenvalue weighted by Crippen LogP contribution is -2.39. The summed E-state index contributed by atoms with van der Waals surface area (Å²) in [4.78, 5) is 50.5. The number of aryl methyl sites for hydroxylation is 2. The fourth-order valence-electron chi connectivity index (χ4n) is 3.67. The molecule has 10 nitrogen and oxygen atoms in total. The van der Waals surface area contributed by atoms with Crippen LogP contribution in [0.3, 0.4) is 0 Å². The van der Waals surface area contributed by atoms with E-state index >= 15 is 0 Å². The highest BCUT2D eigenvalue weighted by Gasteiger charge is 2.14. The smallest absolute Gasteiger partial charge is 0.332 e. The van der Waals surface area contributed by atoms with Crippen molar-refractivity contribution < 1.29 is 14.6 Å². The van der Waals surface area contributed by atoms with Gasteiger partial charge in [0, 0.05) is 33.6 Å². The Kier molecular flexibility index (Phi) is 11.2. The number of nitrogens with zero attached hydrogens (tertiary/aromatic N) is 4. The van der Waals surface area contributed by atoms with E-state index in [1.165, 1.54) is 9.13 Å². The van der Waals surface area contributed by atoms with Gasteiger partial charge in [-0.05, 0) is 19.8 Å². The van der Waals surface area contributed by atoms with E-state index in [9.17, 15) is 14.4 Å². The molecule has 0 aromatic carbocycles. The van der Waals surface area contributed by atoms with Gasteiger partial charge >= 0.3 is 5.69 Å². The number of unbranched alkanes of at least 4 members (excludes halogenated alkanes) is 7. The second-order valence-corrected chi connectivity index (χ2v) is 7.98. The Bertz CT molecular complexity index is 962. The summed E-state index contributed by atoms with van der Waals surface area (Å²) in [7, 11) is 3.41. The Hall–Kier alpha value is -2.46. The molecule has 180 valence electrons. The molecule has 2 aromatic heterocycles. The van der Waals surface area contributed by atoms with Gasteiger partial charge in [-0.1, -0.05) is 38.5 Å². The molecule has 32 heavy (non-hydrogen) atoms. The number of fused-ring (bicyclic) bond motifs is 1. The van der Waals surface area contributed by atoms with Gasteiger partial charge in [0.15, 0.2) is 11.2 Å². The van der Waals surface area contributed by atoms with Gasteiger partial charge < -0.3 is 9.88 Å². The molecule has 0 radical (unpaired) electrons. The quantitative estimate of drug-likeness (QED) is 0.238. The van der Waals surface area contributed by atoms with Gasteiger partial charge in [0.2, 0.25) is 5.91 Å². The molecule has 0 saturated carbocycles. The molecule has 2 aromatic rings. The third-order valence-electron chi connectivity index (χ3n) is 5.45. The summed E-state index contributed by atoms with van der Waals surface area (Å²) in [5.41, 5.74) is 0.299.